The highest BCUT2D eigenvalue weighted by molar-refractivity contribution is 6.42. The second kappa shape index (κ2) is 9.99. The van der Waals surface area contributed by atoms with Crippen LogP contribution in [0, 0.1) is 0 Å². The largest absolute Gasteiger partial charge is 0.494 e. The minimum atomic E-state index is 0.0473. The monoisotopic (exact) mass is 434 g/mol. The zero-order chi connectivity index (χ0) is 20.8. The Balaban J connectivity index is 1.46. The summed E-state index contributed by atoms with van der Waals surface area (Å²) >= 11 is 12.0. The van der Waals surface area contributed by atoms with Gasteiger partial charge in [0, 0.05) is 31.6 Å². The van der Waals surface area contributed by atoms with Gasteiger partial charge in [-0.1, -0.05) is 29.3 Å². The molecule has 0 unspecified atom stereocenters. The zero-order valence-electron chi connectivity index (χ0n) is 16.3. The third-order valence-electron chi connectivity index (χ3n) is 4.87. The molecule has 7 heteroatoms. The standard InChI is InChI=1S/C22H24Cl2N2O3/c1-2-26(14-15-5-8-18(23)19(24)12-15)22(28)4-3-11-29-17-7-9-20-16(13-17)6-10-21(27)25-20/h5,7-9,12-13H,2-4,6,10-11,14H2,1H3,(H,25,27). The molecule has 1 heterocycles. The van der Waals surface area contributed by atoms with Crippen LogP contribution in [0.4, 0.5) is 5.69 Å². The number of aryl methyl sites for hydroxylation is 1. The van der Waals surface area contributed by atoms with E-state index in [-0.39, 0.29) is 11.8 Å². The van der Waals surface area contributed by atoms with E-state index in [1.54, 1.807) is 17.0 Å². The van der Waals surface area contributed by atoms with E-state index in [1.165, 1.54) is 0 Å². The van der Waals surface area contributed by atoms with E-state index in [9.17, 15) is 9.59 Å². The molecule has 0 saturated heterocycles. The van der Waals surface area contributed by atoms with Crippen molar-refractivity contribution in [2.45, 2.75) is 39.2 Å². The van der Waals surface area contributed by atoms with Crippen LogP contribution in [-0.4, -0.2) is 29.9 Å². The molecule has 0 spiro atoms. The van der Waals surface area contributed by atoms with E-state index >= 15 is 0 Å². The Morgan fingerprint density at radius 3 is 2.72 bits per heavy atom. The summed E-state index contributed by atoms with van der Waals surface area (Å²) in [7, 11) is 0. The first-order valence-electron chi connectivity index (χ1n) is 9.73. The lowest BCUT2D eigenvalue weighted by atomic mass is 10.0. The predicted octanol–water partition coefficient (Wildman–Crippen LogP) is 5.09. The maximum absolute atomic E-state index is 12.5. The minimum Gasteiger partial charge on any atom is -0.494 e. The van der Waals surface area contributed by atoms with Gasteiger partial charge in [-0.2, -0.15) is 0 Å². The van der Waals surface area contributed by atoms with Gasteiger partial charge in [0.1, 0.15) is 5.75 Å². The van der Waals surface area contributed by atoms with Crippen LogP contribution in [0.1, 0.15) is 37.3 Å². The summed E-state index contributed by atoms with van der Waals surface area (Å²) in [5.41, 5.74) is 2.88. The molecule has 5 nitrogen and oxygen atoms in total. The average molecular weight is 435 g/mol. The van der Waals surface area contributed by atoms with Crippen LogP contribution >= 0.6 is 23.2 Å². The molecule has 1 aliphatic rings. The summed E-state index contributed by atoms with van der Waals surface area (Å²) in [4.78, 5) is 25.7. The van der Waals surface area contributed by atoms with Gasteiger partial charge < -0.3 is 15.0 Å². The number of halogens is 2. The van der Waals surface area contributed by atoms with Gasteiger partial charge in [-0.05, 0) is 61.2 Å². The van der Waals surface area contributed by atoms with Gasteiger partial charge in [0.25, 0.3) is 0 Å². The lowest BCUT2D eigenvalue weighted by molar-refractivity contribution is -0.131. The summed E-state index contributed by atoms with van der Waals surface area (Å²) < 4.78 is 5.79. The van der Waals surface area contributed by atoms with Crippen molar-refractivity contribution in [1.29, 1.82) is 0 Å². The van der Waals surface area contributed by atoms with Gasteiger partial charge in [-0.25, -0.2) is 0 Å². The van der Waals surface area contributed by atoms with E-state index in [4.69, 9.17) is 27.9 Å². The fraction of sp³-hybridized carbons (Fsp3) is 0.364. The van der Waals surface area contributed by atoms with Crippen LogP contribution in [-0.2, 0) is 22.6 Å². The van der Waals surface area contributed by atoms with Gasteiger partial charge >= 0.3 is 0 Å². The van der Waals surface area contributed by atoms with Crippen LogP contribution in [0.5, 0.6) is 5.75 Å². The normalized spacial score (nSPS) is 12.9. The first-order valence-corrected chi connectivity index (χ1v) is 10.5. The molecule has 1 aliphatic heterocycles. The van der Waals surface area contributed by atoms with Crippen molar-refractivity contribution in [3.8, 4) is 5.75 Å². The summed E-state index contributed by atoms with van der Waals surface area (Å²) in [6, 6.07) is 11.1. The highest BCUT2D eigenvalue weighted by Gasteiger charge is 2.16. The van der Waals surface area contributed by atoms with E-state index < -0.39 is 0 Å². The predicted molar refractivity (Wildman–Crippen MR) is 116 cm³/mol. The molecule has 0 atom stereocenters. The molecule has 0 aliphatic carbocycles. The topological polar surface area (TPSA) is 58.6 Å². The van der Waals surface area contributed by atoms with Gasteiger partial charge in [-0.3, -0.25) is 9.59 Å². The molecule has 1 N–H and O–H groups in total. The number of ether oxygens (including phenoxy) is 1. The molecule has 3 rings (SSSR count). The maximum atomic E-state index is 12.5. The van der Waals surface area contributed by atoms with E-state index in [1.807, 2.05) is 31.2 Å². The number of hydrogen-bond donors (Lipinski definition) is 1. The molecule has 0 aromatic heterocycles. The highest BCUT2D eigenvalue weighted by Crippen LogP contribution is 2.27. The molecule has 0 saturated carbocycles. The average Bonchev–Trinajstić information content (AvgIpc) is 2.71. The van der Waals surface area contributed by atoms with Crippen molar-refractivity contribution in [1.82, 2.24) is 4.90 Å². The molecule has 0 bridgehead atoms. The minimum absolute atomic E-state index is 0.0473. The van der Waals surface area contributed by atoms with Crippen LogP contribution in [0.3, 0.4) is 0 Å². The summed E-state index contributed by atoms with van der Waals surface area (Å²) in [6.07, 6.45) is 2.26. The van der Waals surface area contributed by atoms with Gasteiger partial charge in [0.15, 0.2) is 0 Å². The van der Waals surface area contributed by atoms with Crippen LogP contribution < -0.4 is 10.1 Å². The van der Waals surface area contributed by atoms with E-state index in [2.05, 4.69) is 5.32 Å². The third kappa shape index (κ3) is 5.87. The van der Waals surface area contributed by atoms with Gasteiger partial charge in [0.05, 0.1) is 16.7 Å². The van der Waals surface area contributed by atoms with Crippen molar-refractivity contribution in [3.05, 3.63) is 57.6 Å². The van der Waals surface area contributed by atoms with Gasteiger partial charge in [0.2, 0.25) is 11.8 Å². The number of benzene rings is 2. The lowest BCUT2D eigenvalue weighted by Gasteiger charge is -2.21. The van der Waals surface area contributed by atoms with Crippen LogP contribution in [0.2, 0.25) is 10.0 Å². The lowest BCUT2D eigenvalue weighted by Crippen LogP contribution is -2.30. The quantitative estimate of drug-likeness (QED) is 0.588. The van der Waals surface area contributed by atoms with Crippen molar-refractivity contribution < 1.29 is 14.3 Å². The number of carbonyl (C=O) groups is 2. The molecule has 154 valence electrons. The SMILES string of the molecule is CCN(Cc1ccc(Cl)c(Cl)c1)C(=O)CCCOc1ccc2c(c1)CCC(=O)N2. The number of hydrogen-bond acceptors (Lipinski definition) is 3. The number of rotatable bonds is 8. The maximum Gasteiger partial charge on any atom is 0.224 e. The Morgan fingerprint density at radius 2 is 1.97 bits per heavy atom. The van der Waals surface area contributed by atoms with E-state index in [0.29, 0.717) is 49.0 Å². The number of carbonyl (C=O) groups excluding carboxylic acids is 2. The fourth-order valence-corrected chi connectivity index (χ4v) is 3.58. The fourth-order valence-electron chi connectivity index (χ4n) is 3.26. The number of amides is 2. The second-order valence-corrected chi connectivity index (χ2v) is 7.79. The Labute approximate surface area is 180 Å². The molecule has 29 heavy (non-hydrogen) atoms. The van der Waals surface area contributed by atoms with E-state index in [0.717, 1.165) is 29.0 Å². The van der Waals surface area contributed by atoms with Crippen molar-refractivity contribution in [3.63, 3.8) is 0 Å². The summed E-state index contributed by atoms with van der Waals surface area (Å²) in [5, 5.41) is 3.85. The number of nitrogens with zero attached hydrogens (tertiary/aromatic N) is 1. The van der Waals surface area contributed by atoms with Gasteiger partial charge in [-0.15, -0.1) is 0 Å². The number of fused-ring (bicyclic) bond motifs is 1. The van der Waals surface area contributed by atoms with Crippen molar-refractivity contribution >= 4 is 40.7 Å². The molecule has 2 aromatic carbocycles. The molecular formula is C22H24Cl2N2O3. The number of anilines is 1. The van der Waals surface area contributed by atoms with Crippen molar-refractivity contribution in [2.24, 2.45) is 0 Å². The molecule has 0 radical (unpaired) electrons. The summed E-state index contributed by atoms with van der Waals surface area (Å²) in [6.45, 7) is 3.54. The Kier molecular flexibility index (Phi) is 7.40. The third-order valence-corrected chi connectivity index (χ3v) is 5.61. The number of nitrogens with one attached hydrogen (secondary N) is 1. The highest BCUT2D eigenvalue weighted by atomic mass is 35.5. The Hall–Kier alpha value is -2.24. The molecule has 0 fully saturated rings. The van der Waals surface area contributed by atoms with Crippen LogP contribution in [0.15, 0.2) is 36.4 Å². The molecule has 2 aromatic rings. The summed E-state index contributed by atoms with van der Waals surface area (Å²) in [5.74, 6) is 0.886. The molecule has 2 amide bonds. The van der Waals surface area contributed by atoms with Crippen LogP contribution in [0.25, 0.3) is 0 Å². The Morgan fingerprint density at radius 1 is 1.14 bits per heavy atom. The molecular weight excluding hydrogens is 411 g/mol. The first kappa shape index (κ1) is 21.5. The second-order valence-electron chi connectivity index (χ2n) is 6.98. The first-order chi connectivity index (χ1) is 14.0. The van der Waals surface area contributed by atoms with Crippen molar-refractivity contribution in [2.75, 3.05) is 18.5 Å². The Bertz CT molecular complexity index is 902. The zero-order valence-corrected chi connectivity index (χ0v) is 17.9. The smallest absolute Gasteiger partial charge is 0.224 e.